The minimum atomic E-state index is 0.0187. The van der Waals surface area contributed by atoms with E-state index in [0.29, 0.717) is 39.3 Å². The van der Waals surface area contributed by atoms with Crippen molar-refractivity contribution in [3.63, 3.8) is 0 Å². The lowest BCUT2D eigenvalue weighted by molar-refractivity contribution is -0.122. The molecule has 2 aromatic carbocycles. The molecule has 32 heavy (non-hydrogen) atoms. The molecule has 0 unspecified atom stereocenters. The van der Waals surface area contributed by atoms with E-state index in [1.54, 1.807) is 0 Å². The highest BCUT2D eigenvalue weighted by Gasteiger charge is 2.23. The Morgan fingerprint density at radius 1 is 0.781 bits per heavy atom. The van der Waals surface area contributed by atoms with Crippen LogP contribution in [0.1, 0.15) is 21.5 Å². The van der Waals surface area contributed by atoms with E-state index in [1.807, 2.05) is 35.2 Å². The summed E-state index contributed by atoms with van der Waals surface area (Å²) in [6.45, 7) is 8.12. The molecule has 2 aromatic rings. The Morgan fingerprint density at radius 3 is 2.12 bits per heavy atom. The van der Waals surface area contributed by atoms with E-state index in [4.69, 9.17) is 4.74 Å². The van der Waals surface area contributed by atoms with Crippen molar-refractivity contribution in [1.29, 1.82) is 0 Å². The third kappa shape index (κ3) is 6.38. The number of rotatable bonds is 7. The summed E-state index contributed by atoms with van der Waals surface area (Å²) in [5.41, 5.74) is 3.10. The van der Waals surface area contributed by atoms with E-state index in [-0.39, 0.29) is 11.8 Å². The molecule has 0 atom stereocenters. The Kier molecular flexibility index (Phi) is 7.87. The fourth-order valence-corrected chi connectivity index (χ4v) is 4.11. The molecule has 0 spiro atoms. The highest BCUT2D eigenvalue weighted by molar-refractivity contribution is 5.94. The smallest absolute Gasteiger partial charge is 0.253 e. The molecule has 2 saturated heterocycles. The van der Waals surface area contributed by atoms with Gasteiger partial charge in [-0.1, -0.05) is 42.5 Å². The van der Waals surface area contributed by atoms with Gasteiger partial charge in [0.25, 0.3) is 5.91 Å². The Bertz CT molecular complexity index is 874. The van der Waals surface area contributed by atoms with Crippen molar-refractivity contribution < 1.29 is 14.3 Å². The number of carbonyl (C=O) groups excluding carboxylic acids is 2. The van der Waals surface area contributed by atoms with Crippen LogP contribution in [0, 0.1) is 0 Å². The molecule has 7 nitrogen and oxygen atoms in total. The number of amides is 2. The molecular weight excluding hydrogens is 404 g/mol. The summed E-state index contributed by atoms with van der Waals surface area (Å²) in [7, 11) is 0. The summed E-state index contributed by atoms with van der Waals surface area (Å²) in [6, 6.07) is 17.8. The Hall–Kier alpha value is -2.74. The Labute approximate surface area is 189 Å². The summed E-state index contributed by atoms with van der Waals surface area (Å²) in [6.07, 6.45) is 0. The number of piperazine rings is 1. The third-order valence-electron chi connectivity index (χ3n) is 6.07. The molecule has 0 radical (unpaired) electrons. The molecule has 1 N–H and O–H groups in total. The average Bonchev–Trinajstić information content (AvgIpc) is 2.85. The number of morpholine rings is 1. The van der Waals surface area contributed by atoms with Crippen LogP contribution in [0.4, 0.5) is 0 Å². The minimum absolute atomic E-state index is 0.0187. The summed E-state index contributed by atoms with van der Waals surface area (Å²) in [5, 5.41) is 3.02. The van der Waals surface area contributed by atoms with Crippen molar-refractivity contribution >= 4 is 11.8 Å². The van der Waals surface area contributed by atoms with E-state index in [0.717, 1.165) is 44.0 Å². The van der Waals surface area contributed by atoms with Crippen molar-refractivity contribution in [1.82, 2.24) is 20.0 Å². The fraction of sp³-hybridized carbons (Fsp3) is 0.440. The predicted molar refractivity (Wildman–Crippen MR) is 123 cm³/mol. The maximum Gasteiger partial charge on any atom is 0.253 e. The number of nitrogens with zero attached hydrogens (tertiary/aromatic N) is 3. The molecule has 0 saturated carbocycles. The summed E-state index contributed by atoms with van der Waals surface area (Å²) < 4.78 is 5.40. The lowest BCUT2D eigenvalue weighted by Gasteiger charge is -2.34. The van der Waals surface area contributed by atoms with Crippen LogP contribution in [0.3, 0.4) is 0 Å². The van der Waals surface area contributed by atoms with Crippen LogP contribution in [-0.4, -0.2) is 85.5 Å². The second-order valence-corrected chi connectivity index (χ2v) is 8.42. The molecule has 2 aliphatic rings. The zero-order chi connectivity index (χ0) is 22.2. The van der Waals surface area contributed by atoms with E-state index in [9.17, 15) is 9.59 Å². The van der Waals surface area contributed by atoms with Crippen LogP contribution in [0.2, 0.25) is 0 Å². The molecule has 0 aromatic heterocycles. The van der Waals surface area contributed by atoms with Crippen molar-refractivity contribution in [3.8, 4) is 0 Å². The number of hydrogen-bond acceptors (Lipinski definition) is 5. The number of benzene rings is 2. The van der Waals surface area contributed by atoms with Crippen LogP contribution < -0.4 is 5.32 Å². The Morgan fingerprint density at radius 2 is 1.44 bits per heavy atom. The summed E-state index contributed by atoms with van der Waals surface area (Å²) in [5.74, 6) is 0.0806. The predicted octanol–water partition coefficient (Wildman–Crippen LogP) is 1.59. The number of hydrogen-bond donors (Lipinski definition) is 1. The molecule has 7 heteroatoms. The summed E-state index contributed by atoms with van der Waals surface area (Å²) >= 11 is 0. The third-order valence-corrected chi connectivity index (χ3v) is 6.07. The molecule has 170 valence electrons. The molecule has 2 amide bonds. The standard InChI is InChI=1S/C25H32N4O3/c30-24(20-27-10-12-29(13-11-27)25(31)23-4-2-1-3-5-23)26-18-21-6-8-22(9-7-21)19-28-14-16-32-17-15-28/h1-9H,10-20H2,(H,26,30). The quantitative estimate of drug-likeness (QED) is 0.714. The van der Waals surface area contributed by atoms with Gasteiger partial charge in [-0.05, 0) is 23.3 Å². The summed E-state index contributed by atoms with van der Waals surface area (Å²) in [4.78, 5) is 31.3. The second kappa shape index (κ2) is 11.2. The minimum Gasteiger partial charge on any atom is -0.379 e. The first-order chi connectivity index (χ1) is 15.7. The lowest BCUT2D eigenvalue weighted by atomic mass is 10.1. The molecule has 0 bridgehead atoms. The van der Waals surface area contributed by atoms with Crippen LogP contribution in [0.25, 0.3) is 0 Å². The van der Waals surface area contributed by atoms with Crippen LogP contribution >= 0.6 is 0 Å². The van der Waals surface area contributed by atoms with Crippen molar-refractivity contribution in [2.24, 2.45) is 0 Å². The molecule has 2 heterocycles. The number of ether oxygens (including phenoxy) is 1. The van der Waals surface area contributed by atoms with Crippen molar-refractivity contribution in [2.45, 2.75) is 13.1 Å². The average molecular weight is 437 g/mol. The van der Waals surface area contributed by atoms with Crippen LogP contribution in [-0.2, 0) is 22.6 Å². The molecular formula is C25H32N4O3. The highest BCUT2D eigenvalue weighted by Crippen LogP contribution is 2.10. The van der Waals surface area contributed by atoms with E-state index in [2.05, 4.69) is 39.4 Å². The first-order valence-electron chi connectivity index (χ1n) is 11.4. The van der Waals surface area contributed by atoms with Gasteiger partial charge in [-0.3, -0.25) is 19.4 Å². The highest BCUT2D eigenvalue weighted by atomic mass is 16.5. The first-order valence-corrected chi connectivity index (χ1v) is 11.4. The normalized spacial score (nSPS) is 17.8. The zero-order valence-electron chi connectivity index (χ0n) is 18.5. The van der Waals surface area contributed by atoms with Gasteiger partial charge in [0.1, 0.15) is 0 Å². The topological polar surface area (TPSA) is 65.1 Å². The second-order valence-electron chi connectivity index (χ2n) is 8.42. The monoisotopic (exact) mass is 436 g/mol. The van der Waals surface area contributed by atoms with Crippen molar-refractivity contribution in [2.75, 3.05) is 59.0 Å². The zero-order valence-corrected chi connectivity index (χ0v) is 18.5. The lowest BCUT2D eigenvalue weighted by Crippen LogP contribution is -2.51. The van der Waals surface area contributed by atoms with Gasteiger partial charge in [0, 0.05) is 57.9 Å². The van der Waals surface area contributed by atoms with Crippen LogP contribution in [0.15, 0.2) is 54.6 Å². The van der Waals surface area contributed by atoms with E-state index < -0.39 is 0 Å². The maximum absolute atomic E-state index is 12.5. The molecule has 0 aliphatic carbocycles. The van der Waals surface area contributed by atoms with Gasteiger partial charge >= 0.3 is 0 Å². The van der Waals surface area contributed by atoms with Gasteiger partial charge in [0.05, 0.1) is 19.8 Å². The van der Waals surface area contributed by atoms with Gasteiger partial charge in [0.2, 0.25) is 5.91 Å². The number of nitrogens with one attached hydrogen (secondary N) is 1. The van der Waals surface area contributed by atoms with E-state index >= 15 is 0 Å². The van der Waals surface area contributed by atoms with Gasteiger partial charge < -0.3 is 15.0 Å². The van der Waals surface area contributed by atoms with Crippen LogP contribution in [0.5, 0.6) is 0 Å². The van der Waals surface area contributed by atoms with Gasteiger partial charge in [-0.25, -0.2) is 0 Å². The molecule has 2 fully saturated rings. The van der Waals surface area contributed by atoms with Gasteiger partial charge in [-0.2, -0.15) is 0 Å². The SMILES string of the molecule is O=C(CN1CCN(C(=O)c2ccccc2)CC1)NCc1ccc(CN2CCOCC2)cc1. The van der Waals surface area contributed by atoms with Gasteiger partial charge in [0.15, 0.2) is 0 Å². The van der Waals surface area contributed by atoms with E-state index in [1.165, 1.54) is 5.56 Å². The molecule has 4 rings (SSSR count). The Balaban J connectivity index is 1.16. The van der Waals surface area contributed by atoms with Gasteiger partial charge in [-0.15, -0.1) is 0 Å². The first kappa shape index (κ1) is 22.5. The maximum atomic E-state index is 12.5. The molecule has 2 aliphatic heterocycles. The number of carbonyl (C=O) groups is 2. The fourth-order valence-electron chi connectivity index (χ4n) is 4.11. The largest absolute Gasteiger partial charge is 0.379 e. The van der Waals surface area contributed by atoms with Crippen molar-refractivity contribution in [3.05, 3.63) is 71.3 Å².